The highest BCUT2D eigenvalue weighted by Gasteiger charge is 2.27. The number of benzene rings is 1. The summed E-state index contributed by atoms with van der Waals surface area (Å²) < 4.78 is 0. The van der Waals surface area contributed by atoms with Gasteiger partial charge in [0.15, 0.2) is 5.78 Å². The third kappa shape index (κ3) is 4.51. The lowest BCUT2D eigenvalue weighted by Gasteiger charge is -2.26. The predicted octanol–water partition coefficient (Wildman–Crippen LogP) is 3.86. The number of carbonyl (C=O) groups excluding carboxylic acids is 1. The van der Waals surface area contributed by atoms with Gasteiger partial charge in [0, 0.05) is 36.7 Å². The highest BCUT2D eigenvalue weighted by Crippen LogP contribution is 2.27. The van der Waals surface area contributed by atoms with Crippen molar-refractivity contribution in [3.8, 4) is 0 Å². The lowest BCUT2D eigenvalue weighted by Crippen LogP contribution is -2.31. The monoisotopic (exact) mass is 351 g/mol. The first-order valence-electron chi connectivity index (χ1n) is 8.39. The van der Waals surface area contributed by atoms with Crippen LogP contribution < -0.4 is 10.6 Å². The minimum Gasteiger partial charge on any atom is -0.384 e. The van der Waals surface area contributed by atoms with E-state index in [9.17, 15) is 4.79 Å². The lowest BCUT2D eigenvalue weighted by molar-refractivity contribution is -0.116. The van der Waals surface area contributed by atoms with E-state index in [2.05, 4.69) is 22.5 Å². The molecule has 0 aliphatic heterocycles. The van der Waals surface area contributed by atoms with Gasteiger partial charge in [0.2, 0.25) is 0 Å². The number of nitrogens with one attached hydrogen (secondary N) is 2. The van der Waals surface area contributed by atoms with Gasteiger partial charge in [-0.3, -0.25) is 9.78 Å². The molecule has 1 aromatic heterocycles. The summed E-state index contributed by atoms with van der Waals surface area (Å²) in [4.78, 5) is 17.1. The molecular weight excluding hydrogens is 330 g/mol. The number of carbonyl (C=O) groups is 1. The second-order valence-corrected chi connectivity index (χ2v) is 6.73. The minimum absolute atomic E-state index is 0.101. The van der Waals surface area contributed by atoms with Crippen LogP contribution in [-0.4, -0.2) is 15.8 Å². The maximum absolute atomic E-state index is 12.6. The summed E-state index contributed by atoms with van der Waals surface area (Å²) in [6.07, 6.45) is 4.89. The zero-order valence-corrected chi connectivity index (χ0v) is 15.0. The van der Waals surface area contributed by atoms with Crippen LogP contribution in [-0.2, 0) is 11.3 Å². The van der Waals surface area contributed by atoms with Crippen molar-refractivity contribution in [1.29, 1.82) is 0 Å². The number of pyridine rings is 1. The van der Waals surface area contributed by atoms with Crippen LogP contribution in [0.25, 0.3) is 0 Å². The Balaban J connectivity index is 1.81. The molecule has 1 unspecified atom stereocenters. The number of Topliss-reactive ketones (excluding diaryl/α,β-unsaturated/α-hetero) is 1. The van der Waals surface area contributed by atoms with Crippen LogP contribution in [0.5, 0.6) is 0 Å². The average molecular weight is 351 g/mol. The number of anilines is 1. The fourth-order valence-electron chi connectivity index (χ4n) is 2.96. The van der Waals surface area contributed by atoms with Gasteiger partial charge in [0.1, 0.15) is 4.99 Å². The maximum atomic E-state index is 12.6. The number of thiocarbonyl (C=S) groups is 1. The quantitative estimate of drug-likeness (QED) is 0.801. The van der Waals surface area contributed by atoms with Gasteiger partial charge in [-0.05, 0) is 42.2 Å². The summed E-state index contributed by atoms with van der Waals surface area (Å²) in [5.41, 5.74) is 3.55. The SMILES string of the molecule is CC1CC(=O)C(C(=S)Nc2ccccc2)=C(NCc2ccncc2)C1. The largest absolute Gasteiger partial charge is 0.384 e. The lowest BCUT2D eigenvalue weighted by atomic mass is 9.87. The number of ketones is 1. The summed E-state index contributed by atoms with van der Waals surface area (Å²) in [6.45, 7) is 2.74. The standard InChI is InChI=1S/C20H21N3OS/c1-14-11-17(22-13-15-7-9-21-10-8-15)19(18(24)12-14)20(25)23-16-5-3-2-4-6-16/h2-10,14,22H,11-13H2,1H3,(H,23,25). The van der Waals surface area contributed by atoms with Crippen molar-refractivity contribution in [2.75, 3.05) is 5.32 Å². The molecule has 0 radical (unpaired) electrons. The molecule has 4 nitrogen and oxygen atoms in total. The van der Waals surface area contributed by atoms with Gasteiger partial charge in [0.25, 0.3) is 0 Å². The van der Waals surface area contributed by atoms with Crippen LogP contribution in [0.1, 0.15) is 25.3 Å². The Labute approximate surface area is 153 Å². The van der Waals surface area contributed by atoms with Crippen LogP contribution in [0.15, 0.2) is 66.1 Å². The van der Waals surface area contributed by atoms with Gasteiger partial charge in [0.05, 0.1) is 5.57 Å². The second kappa shape index (κ2) is 8.03. The summed E-state index contributed by atoms with van der Waals surface area (Å²) in [5, 5.41) is 6.61. The molecule has 1 aliphatic carbocycles. The van der Waals surface area contributed by atoms with E-state index < -0.39 is 0 Å². The van der Waals surface area contributed by atoms with Gasteiger partial charge in [-0.1, -0.05) is 37.3 Å². The summed E-state index contributed by atoms with van der Waals surface area (Å²) in [6, 6.07) is 13.6. The average Bonchev–Trinajstić information content (AvgIpc) is 2.61. The first kappa shape index (κ1) is 17.3. The zero-order chi connectivity index (χ0) is 17.6. The highest BCUT2D eigenvalue weighted by atomic mass is 32.1. The van der Waals surface area contributed by atoms with Crippen molar-refractivity contribution in [2.24, 2.45) is 5.92 Å². The van der Waals surface area contributed by atoms with Crippen LogP contribution in [0.3, 0.4) is 0 Å². The molecule has 1 aromatic carbocycles. The van der Waals surface area contributed by atoms with E-state index in [0.29, 0.717) is 29.4 Å². The van der Waals surface area contributed by atoms with E-state index >= 15 is 0 Å². The molecule has 0 amide bonds. The highest BCUT2D eigenvalue weighted by molar-refractivity contribution is 7.81. The van der Waals surface area contributed by atoms with Gasteiger partial charge in [-0.2, -0.15) is 0 Å². The fraction of sp³-hybridized carbons (Fsp3) is 0.250. The Morgan fingerprint density at radius 2 is 1.88 bits per heavy atom. The molecule has 0 saturated heterocycles. The molecule has 0 fully saturated rings. The van der Waals surface area contributed by atoms with Gasteiger partial charge in [-0.15, -0.1) is 0 Å². The smallest absolute Gasteiger partial charge is 0.167 e. The molecule has 1 atom stereocenters. The molecule has 0 bridgehead atoms. The van der Waals surface area contributed by atoms with E-state index in [-0.39, 0.29) is 5.78 Å². The third-order valence-electron chi connectivity index (χ3n) is 4.18. The summed E-state index contributed by atoms with van der Waals surface area (Å²) in [7, 11) is 0. The van der Waals surface area contributed by atoms with Crippen molar-refractivity contribution in [1.82, 2.24) is 10.3 Å². The summed E-state index contributed by atoms with van der Waals surface area (Å²) in [5.74, 6) is 0.417. The van der Waals surface area contributed by atoms with E-state index in [0.717, 1.165) is 23.4 Å². The van der Waals surface area contributed by atoms with Crippen molar-refractivity contribution in [3.63, 3.8) is 0 Å². The van der Waals surface area contributed by atoms with Gasteiger partial charge in [-0.25, -0.2) is 0 Å². The van der Waals surface area contributed by atoms with Gasteiger partial charge >= 0.3 is 0 Å². The van der Waals surface area contributed by atoms with Crippen molar-refractivity contribution >= 4 is 28.7 Å². The first-order valence-corrected chi connectivity index (χ1v) is 8.80. The Kier molecular flexibility index (Phi) is 5.56. The normalized spacial score (nSPS) is 17.3. The number of rotatable bonds is 5. The number of aromatic nitrogens is 1. The second-order valence-electron chi connectivity index (χ2n) is 6.32. The molecule has 1 heterocycles. The van der Waals surface area contributed by atoms with E-state index in [1.54, 1.807) is 12.4 Å². The molecule has 3 rings (SSSR count). The topological polar surface area (TPSA) is 54.0 Å². The molecule has 5 heteroatoms. The molecular formula is C20H21N3OS. The molecule has 2 aromatic rings. The maximum Gasteiger partial charge on any atom is 0.167 e. The number of allylic oxidation sites excluding steroid dienone is 1. The van der Waals surface area contributed by atoms with Crippen LogP contribution >= 0.6 is 12.2 Å². The Bertz CT molecular complexity index is 787. The van der Waals surface area contributed by atoms with Gasteiger partial charge < -0.3 is 10.6 Å². The van der Waals surface area contributed by atoms with Crippen LogP contribution in [0.4, 0.5) is 5.69 Å². The van der Waals surface area contributed by atoms with Crippen molar-refractivity contribution in [3.05, 3.63) is 71.7 Å². The Hall–Kier alpha value is -2.53. The predicted molar refractivity (Wildman–Crippen MR) is 104 cm³/mol. The minimum atomic E-state index is 0.101. The number of hydrogen-bond donors (Lipinski definition) is 2. The third-order valence-corrected chi connectivity index (χ3v) is 4.49. The van der Waals surface area contributed by atoms with Crippen molar-refractivity contribution < 1.29 is 4.79 Å². The number of nitrogens with zero attached hydrogens (tertiary/aromatic N) is 1. The summed E-state index contributed by atoms with van der Waals surface area (Å²) >= 11 is 5.54. The Morgan fingerprint density at radius 3 is 2.60 bits per heavy atom. The number of para-hydroxylation sites is 1. The molecule has 0 spiro atoms. The first-order chi connectivity index (χ1) is 12.1. The molecule has 25 heavy (non-hydrogen) atoms. The van der Waals surface area contributed by atoms with E-state index in [1.165, 1.54) is 0 Å². The number of hydrogen-bond acceptors (Lipinski definition) is 4. The molecule has 0 saturated carbocycles. The molecule has 1 aliphatic rings. The van der Waals surface area contributed by atoms with Crippen molar-refractivity contribution in [2.45, 2.75) is 26.3 Å². The molecule has 2 N–H and O–H groups in total. The van der Waals surface area contributed by atoms with E-state index in [4.69, 9.17) is 12.2 Å². The van der Waals surface area contributed by atoms with E-state index in [1.807, 2.05) is 42.5 Å². The van der Waals surface area contributed by atoms with Crippen LogP contribution in [0, 0.1) is 5.92 Å². The molecule has 128 valence electrons. The fourth-order valence-corrected chi connectivity index (χ4v) is 3.31. The Morgan fingerprint density at radius 1 is 1.16 bits per heavy atom. The zero-order valence-electron chi connectivity index (χ0n) is 14.2. The van der Waals surface area contributed by atoms with Crippen LogP contribution in [0.2, 0.25) is 0 Å².